The molecule has 4 heteroatoms. The maximum Gasteiger partial charge on any atom is 0.275 e. The van der Waals surface area contributed by atoms with Crippen molar-refractivity contribution in [1.29, 1.82) is 0 Å². The zero-order valence-electron chi connectivity index (χ0n) is 13.5. The topological polar surface area (TPSA) is 54.4 Å². The summed E-state index contributed by atoms with van der Waals surface area (Å²) in [5, 5.41) is 2.79. The third-order valence-corrected chi connectivity index (χ3v) is 3.73. The second-order valence-corrected chi connectivity index (χ2v) is 6.55. The van der Waals surface area contributed by atoms with Gasteiger partial charge in [0.2, 0.25) is 0 Å². The van der Waals surface area contributed by atoms with E-state index >= 15 is 0 Å². The molecule has 23 heavy (non-hydrogen) atoms. The van der Waals surface area contributed by atoms with Gasteiger partial charge in [0.1, 0.15) is 11.5 Å². The molecule has 0 spiro atoms. The minimum absolute atomic E-state index is 0.114. The van der Waals surface area contributed by atoms with Gasteiger partial charge in [0.25, 0.3) is 5.91 Å². The Morgan fingerprint density at radius 3 is 2.26 bits per heavy atom. The van der Waals surface area contributed by atoms with Crippen LogP contribution in [0.15, 0.2) is 59.5 Å². The van der Waals surface area contributed by atoms with Gasteiger partial charge >= 0.3 is 0 Å². The Balaban J connectivity index is 1.88. The van der Waals surface area contributed by atoms with Crippen molar-refractivity contribution in [3.8, 4) is 0 Å². The molecule has 0 saturated heterocycles. The molecule has 0 aliphatic carbocycles. The van der Waals surface area contributed by atoms with Crippen molar-refractivity contribution in [2.24, 2.45) is 4.99 Å². The molecule has 1 aliphatic heterocycles. The van der Waals surface area contributed by atoms with Crippen LogP contribution in [0.4, 0.5) is 0 Å². The fourth-order valence-corrected chi connectivity index (χ4v) is 2.35. The maximum absolute atomic E-state index is 12.1. The number of aliphatic imine (C=N–C) groups is 1. The van der Waals surface area contributed by atoms with Crippen LogP contribution in [0.5, 0.6) is 0 Å². The van der Waals surface area contributed by atoms with E-state index in [1.165, 1.54) is 5.56 Å². The number of amides is 1. The van der Waals surface area contributed by atoms with Gasteiger partial charge in [-0.2, -0.15) is 0 Å². The van der Waals surface area contributed by atoms with Crippen molar-refractivity contribution in [3.05, 3.63) is 71.2 Å². The summed E-state index contributed by atoms with van der Waals surface area (Å²) in [6, 6.07) is 11.8. The van der Waals surface area contributed by atoms with E-state index in [-0.39, 0.29) is 11.3 Å². The molecule has 2 aromatic rings. The highest BCUT2D eigenvalue weighted by Gasteiger charge is 2.21. The molecule has 1 aliphatic rings. The van der Waals surface area contributed by atoms with Crippen LogP contribution >= 0.6 is 0 Å². The van der Waals surface area contributed by atoms with Crippen LogP contribution < -0.4 is 5.32 Å². The molecule has 2 heterocycles. The van der Waals surface area contributed by atoms with E-state index < -0.39 is 0 Å². The zero-order valence-corrected chi connectivity index (χ0v) is 13.5. The molecule has 4 nitrogen and oxygen atoms in total. The van der Waals surface area contributed by atoms with Crippen molar-refractivity contribution in [3.63, 3.8) is 0 Å². The Labute approximate surface area is 136 Å². The van der Waals surface area contributed by atoms with Gasteiger partial charge in [-0.25, -0.2) is 4.99 Å². The van der Waals surface area contributed by atoms with Crippen LogP contribution in [0.1, 0.15) is 37.5 Å². The number of hydrogen-bond acceptors (Lipinski definition) is 3. The molecule has 1 N–H and O–H groups in total. The molecule has 0 atom stereocenters. The van der Waals surface area contributed by atoms with Crippen LogP contribution in [-0.4, -0.2) is 16.7 Å². The number of hydrogen-bond donors (Lipinski definition) is 1. The SMILES string of the molecule is CC(C)(C)c1ccc(/C=C2/N=C(c3ccncc3)NC2=O)cc1. The monoisotopic (exact) mass is 305 g/mol. The predicted octanol–water partition coefficient (Wildman–Crippen LogP) is 3.30. The molecule has 1 aromatic heterocycles. The fourth-order valence-electron chi connectivity index (χ4n) is 2.35. The molecular formula is C19H19N3O. The first-order valence-electron chi connectivity index (χ1n) is 7.56. The van der Waals surface area contributed by atoms with Crippen LogP contribution in [0.3, 0.4) is 0 Å². The van der Waals surface area contributed by atoms with E-state index in [1.807, 2.05) is 24.3 Å². The standard InChI is InChI=1S/C19H19N3O/c1-19(2,3)15-6-4-13(5-7-15)12-16-18(23)22-17(21-16)14-8-10-20-11-9-14/h4-12H,1-3H3,(H,21,22,23)/b16-12+. The molecule has 1 amide bonds. The van der Waals surface area contributed by atoms with Crippen LogP contribution in [-0.2, 0) is 10.2 Å². The third-order valence-electron chi connectivity index (χ3n) is 3.73. The molecule has 3 rings (SSSR count). The highest BCUT2D eigenvalue weighted by atomic mass is 16.2. The lowest BCUT2D eigenvalue weighted by Crippen LogP contribution is -2.24. The summed E-state index contributed by atoms with van der Waals surface area (Å²) in [6.45, 7) is 6.53. The maximum atomic E-state index is 12.1. The van der Waals surface area contributed by atoms with Crippen LogP contribution in [0.2, 0.25) is 0 Å². The quantitative estimate of drug-likeness (QED) is 0.866. The molecule has 0 unspecified atom stereocenters. The van der Waals surface area contributed by atoms with Gasteiger partial charge in [-0.3, -0.25) is 9.78 Å². The number of carbonyl (C=O) groups is 1. The summed E-state index contributed by atoms with van der Waals surface area (Å²) >= 11 is 0. The molecule has 0 bridgehead atoms. The van der Waals surface area contributed by atoms with E-state index in [4.69, 9.17) is 0 Å². The molecule has 116 valence electrons. The van der Waals surface area contributed by atoms with E-state index in [0.717, 1.165) is 11.1 Å². The van der Waals surface area contributed by atoms with Gasteiger partial charge < -0.3 is 5.32 Å². The number of nitrogens with zero attached hydrogens (tertiary/aromatic N) is 2. The van der Waals surface area contributed by atoms with Crippen LogP contribution in [0, 0.1) is 0 Å². The second kappa shape index (κ2) is 5.80. The van der Waals surface area contributed by atoms with Crippen molar-refractivity contribution >= 4 is 17.8 Å². The molecule has 0 saturated carbocycles. The highest BCUT2D eigenvalue weighted by molar-refractivity contribution is 6.19. The largest absolute Gasteiger partial charge is 0.305 e. The summed E-state index contributed by atoms with van der Waals surface area (Å²) in [5.41, 5.74) is 3.60. The van der Waals surface area contributed by atoms with Gasteiger partial charge in [-0.05, 0) is 34.8 Å². The second-order valence-electron chi connectivity index (χ2n) is 6.55. The predicted molar refractivity (Wildman–Crippen MR) is 92.0 cm³/mol. The molecule has 0 fully saturated rings. The Morgan fingerprint density at radius 1 is 1.00 bits per heavy atom. The Hall–Kier alpha value is -2.75. The lowest BCUT2D eigenvalue weighted by atomic mass is 9.87. The van der Waals surface area contributed by atoms with Gasteiger partial charge in [0.15, 0.2) is 0 Å². The number of aromatic nitrogens is 1. The zero-order chi connectivity index (χ0) is 16.4. The van der Waals surface area contributed by atoms with Crippen molar-refractivity contribution in [2.45, 2.75) is 26.2 Å². The summed E-state index contributed by atoms with van der Waals surface area (Å²) < 4.78 is 0. The number of carbonyl (C=O) groups excluding carboxylic acids is 1. The summed E-state index contributed by atoms with van der Waals surface area (Å²) in [5.74, 6) is 0.381. The van der Waals surface area contributed by atoms with E-state index in [2.05, 4.69) is 48.2 Å². The first-order valence-corrected chi connectivity index (χ1v) is 7.56. The molecule has 0 radical (unpaired) electrons. The number of rotatable bonds is 2. The first kappa shape index (κ1) is 15.2. The Morgan fingerprint density at radius 2 is 1.65 bits per heavy atom. The van der Waals surface area contributed by atoms with E-state index in [1.54, 1.807) is 18.5 Å². The third kappa shape index (κ3) is 3.37. The average Bonchev–Trinajstić information content (AvgIpc) is 2.89. The van der Waals surface area contributed by atoms with E-state index in [0.29, 0.717) is 11.5 Å². The number of benzene rings is 1. The number of pyridine rings is 1. The van der Waals surface area contributed by atoms with Gasteiger partial charge in [0.05, 0.1) is 0 Å². The summed E-state index contributed by atoms with van der Waals surface area (Å²) in [6.07, 6.45) is 5.16. The van der Waals surface area contributed by atoms with Crippen molar-refractivity contribution in [2.75, 3.05) is 0 Å². The fraction of sp³-hybridized carbons (Fsp3) is 0.211. The highest BCUT2D eigenvalue weighted by Crippen LogP contribution is 2.23. The summed E-state index contributed by atoms with van der Waals surface area (Å²) in [7, 11) is 0. The van der Waals surface area contributed by atoms with Gasteiger partial charge in [0, 0.05) is 18.0 Å². The lowest BCUT2D eigenvalue weighted by Gasteiger charge is -2.18. The van der Waals surface area contributed by atoms with Gasteiger partial charge in [-0.15, -0.1) is 0 Å². The normalized spacial score (nSPS) is 16.4. The Bertz CT molecular complexity index is 782. The lowest BCUT2D eigenvalue weighted by molar-refractivity contribution is -0.115. The van der Waals surface area contributed by atoms with Crippen molar-refractivity contribution in [1.82, 2.24) is 10.3 Å². The van der Waals surface area contributed by atoms with E-state index in [9.17, 15) is 4.79 Å². The Kier molecular flexibility index (Phi) is 3.82. The van der Waals surface area contributed by atoms with Gasteiger partial charge in [-0.1, -0.05) is 45.0 Å². The smallest absolute Gasteiger partial charge is 0.275 e. The molecular weight excluding hydrogens is 286 g/mol. The number of nitrogens with one attached hydrogen (secondary N) is 1. The molecule has 1 aromatic carbocycles. The minimum atomic E-state index is -0.184. The minimum Gasteiger partial charge on any atom is -0.305 e. The van der Waals surface area contributed by atoms with Crippen LogP contribution in [0.25, 0.3) is 6.08 Å². The first-order chi connectivity index (χ1) is 10.9. The number of amidine groups is 1. The van der Waals surface area contributed by atoms with Crippen molar-refractivity contribution < 1.29 is 4.79 Å². The summed E-state index contributed by atoms with van der Waals surface area (Å²) in [4.78, 5) is 20.4. The average molecular weight is 305 g/mol.